The molecule has 9 heteroatoms. The maximum Gasteiger partial charge on any atom is 0.360 e. The van der Waals surface area contributed by atoms with E-state index in [1.54, 1.807) is 21.8 Å². The summed E-state index contributed by atoms with van der Waals surface area (Å²) >= 11 is 0. The summed E-state index contributed by atoms with van der Waals surface area (Å²) in [6.45, 7) is 1.31. The lowest BCUT2D eigenvalue weighted by molar-refractivity contribution is -0.143. The van der Waals surface area contributed by atoms with Crippen LogP contribution in [0.2, 0.25) is 0 Å². The molecule has 1 aromatic heterocycles. The zero-order valence-electron chi connectivity index (χ0n) is 14.9. The number of nitrogens with zero attached hydrogens (tertiary/aromatic N) is 4. The number of aromatic nitrogens is 3. The topological polar surface area (TPSA) is 95.8 Å². The van der Waals surface area contributed by atoms with Crippen LogP contribution in [-0.4, -0.2) is 64.7 Å². The van der Waals surface area contributed by atoms with Crippen LogP contribution in [0.3, 0.4) is 0 Å². The Bertz CT molecular complexity index is 852. The van der Waals surface area contributed by atoms with Gasteiger partial charge in [0.05, 0.1) is 19.3 Å². The van der Waals surface area contributed by atoms with Crippen LogP contribution >= 0.6 is 0 Å². The molecular formula is C18H20N4O5. The highest BCUT2D eigenvalue weighted by atomic mass is 16.6. The van der Waals surface area contributed by atoms with Gasteiger partial charge in [0.25, 0.3) is 5.91 Å². The molecule has 4 rings (SSSR count). The molecule has 0 saturated carbocycles. The first-order chi connectivity index (χ1) is 13.2. The van der Waals surface area contributed by atoms with E-state index in [1.165, 1.54) is 7.11 Å². The van der Waals surface area contributed by atoms with Crippen molar-refractivity contribution in [2.75, 3.05) is 26.8 Å². The summed E-state index contributed by atoms with van der Waals surface area (Å²) in [5.41, 5.74) is 0.154. The van der Waals surface area contributed by atoms with Gasteiger partial charge in [-0.25, -0.2) is 9.48 Å². The standard InChI is InChI=1S/C18H20N4O5/c1-25-18(24)13-10-22(20-19-13)12-5-4-8-21(9-12)17(23)16-11-26-14-6-2-3-7-15(14)27-16/h2-3,6-7,10,12,16H,4-5,8-9,11H2,1H3/t12-,16+/m0/s1. The average Bonchev–Trinajstić information content (AvgIpc) is 3.23. The van der Waals surface area contributed by atoms with Crippen molar-refractivity contribution in [1.82, 2.24) is 19.9 Å². The Morgan fingerprint density at radius 1 is 1.26 bits per heavy atom. The first kappa shape index (κ1) is 17.3. The molecule has 0 unspecified atom stereocenters. The Kier molecular flexibility index (Phi) is 4.66. The predicted octanol–water partition coefficient (Wildman–Crippen LogP) is 1.07. The van der Waals surface area contributed by atoms with Crippen LogP contribution in [0.25, 0.3) is 0 Å². The number of piperidine rings is 1. The monoisotopic (exact) mass is 372 g/mol. The fourth-order valence-corrected chi connectivity index (χ4v) is 3.37. The van der Waals surface area contributed by atoms with Crippen LogP contribution in [0.5, 0.6) is 11.5 Å². The van der Waals surface area contributed by atoms with Gasteiger partial charge in [0.2, 0.25) is 6.10 Å². The first-order valence-electron chi connectivity index (χ1n) is 8.83. The summed E-state index contributed by atoms with van der Waals surface area (Å²) in [7, 11) is 1.30. The molecule has 27 heavy (non-hydrogen) atoms. The molecule has 3 heterocycles. The van der Waals surface area contributed by atoms with E-state index >= 15 is 0 Å². The second-order valence-corrected chi connectivity index (χ2v) is 6.52. The van der Waals surface area contributed by atoms with Crippen molar-refractivity contribution in [3.05, 3.63) is 36.2 Å². The van der Waals surface area contributed by atoms with Crippen LogP contribution < -0.4 is 9.47 Å². The zero-order valence-corrected chi connectivity index (χ0v) is 14.9. The molecule has 0 spiro atoms. The van der Waals surface area contributed by atoms with E-state index in [2.05, 4.69) is 15.0 Å². The van der Waals surface area contributed by atoms with E-state index in [4.69, 9.17) is 9.47 Å². The summed E-state index contributed by atoms with van der Waals surface area (Å²) < 4.78 is 17.8. The number of carbonyl (C=O) groups is 2. The third-order valence-corrected chi connectivity index (χ3v) is 4.77. The molecule has 0 N–H and O–H groups in total. The van der Waals surface area contributed by atoms with Crippen molar-refractivity contribution < 1.29 is 23.8 Å². The van der Waals surface area contributed by atoms with Gasteiger partial charge in [0.15, 0.2) is 17.2 Å². The van der Waals surface area contributed by atoms with E-state index < -0.39 is 12.1 Å². The number of para-hydroxylation sites is 2. The Hall–Kier alpha value is -3.10. The lowest BCUT2D eigenvalue weighted by Gasteiger charge is -2.35. The van der Waals surface area contributed by atoms with Gasteiger partial charge in [0.1, 0.15) is 6.61 Å². The lowest BCUT2D eigenvalue weighted by Crippen LogP contribution is -2.50. The van der Waals surface area contributed by atoms with Gasteiger partial charge in [0, 0.05) is 13.1 Å². The minimum absolute atomic E-state index is 0.0506. The van der Waals surface area contributed by atoms with Crippen LogP contribution in [0, 0.1) is 0 Å². The number of hydrogen-bond donors (Lipinski definition) is 0. The summed E-state index contributed by atoms with van der Waals surface area (Å²) in [6.07, 6.45) is 2.56. The smallest absolute Gasteiger partial charge is 0.360 e. The molecule has 1 fully saturated rings. The van der Waals surface area contributed by atoms with Crippen LogP contribution in [0.15, 0.2) is 30.5 Å². The zero-order chi connectivity index (χ0) is 18.8. The Morgan fingerprint density at radius 3 is 2.89 bits per heavy atom. The molecule has 142 valence electrons. The fourth-order valence-electron chi connectivity index (χ4n) is 3.37. The second kappa shape index (κ2) is 7.26. The summed E-state index contributed by atoms with van der Waals surface area (Å²) in [4.78, 5) is 26.2. The number of fused-ring (bicyclic) bond motifs is 1. The van der Waals surface area contributed by atoms with Gasteiger partial charge >= 0.3 is 5.97 Å². The van der Waals surface area contributed by atoms with Crippen molar-refractivity contribution in [3.8, 4) is 11.5 Å². The molecule has 0 radical (unpaired) electrons. The lowest BCUT2D eigenvalue weighted by atomic mass is 10.1. The largest absolute Gasteiger partial charge is 0.485 e. The molecule has 2 aromatic rings. The van der Waals surface area contributed by atoms with Crippen LogP contribution in [-0.2, 0) is 9.53 Å². The third kappa shape index (κ3) is 3.44. The SMILES string of the molecule is COC(=O)c1cn([C@H]2CCCN(C(=O)[C@H]3COc4ccccc4O3)C2)nn1. The average molecular weight is 372 g/mol. The number of esters is 1. The van der Waals surface area contributed by atoms with Crippen molar-refractivity contribution >= 4 is 11.9 Å². The van der Waals surface area contributed by atoms with Gasteiger partial charge in [-0.3, -0.25) is 4.79 Å². The maximum atomic E-state index is 12.9. The van der Waals surface area contributed by atoms with Crippen molar-refractivity contribution in [2.24, 2.45) is 0 Å². The molecule has 1 aromatic carbocycles. The normalized spacial score (nSPS) is 21.6. The van der Waals surface area contributed by atoms with E-state index in [0.29, 0.717) is 24.6 Å². The molecule has 9 nitrogen and oxygen atoms in total. The van der Waals surface area contributed by atoms with E-state index in [0.717, 1.165) is 12.8 Å². The summed E-state index contributed by atoms with van der Waals surface area (Å²) in [6, 6.07) is 7.26. The van der Waals surface area contributed by atoms with E-state index in [9.17, 15) is 9.59 Å². The van der Waals surface area contributed by atoms with E-state index in [-0.39, 0.29) is 24.2 Å². The summed E-state index contributed by atoms with van der Waals surface area (Å²) in [5, 5.41) is 7.85. The highest BCUT2D eigenvalue weighted by molar-refractivity contribution is 5.86. The number of likely N-dealkylation sites (tertiary alicyclic amines) is 1. The van der Waals surface area contributed by atoms with Crippen molar-refractivity contribution in [1.29, 1.82) is 0 Å². The van der Waals surface area contributed by atoms with Crippen molar-refractivity contribution in [3.63, 3.8) is 0 Å². The number of amides is 1. The molecule has 2 aliphatic rings. The van der Waals surface area contributed by atoms with Gasteiger partial charge in [-0.1, -0.05) is 17.3 Å². The minimum atomic E-state index is -0.667. The highest BCUT2D eigenvalue weighted by Gasteiger charge is 2.34. The van der Waals surface area contributed by atoms with Gasteiger partial charge in [-0.05, 0) is 25.0 Å². The van der Waals surface area contributed by atoms with Gasteiger partial charge in [-0.15, -0.1) is 5.10 Å². The number of rotatable bonds is 3. The van der Waals surface area contributed by atoms with Crippen LogP contribution in [0.1, 0.15) is 29.4 Å². The van der Waals surface area contributed by atoms with Crippen LogP contribution in [0.4, 0.5) is 0 Å². The molecule has 2 atom stereocenters. The molecule has 1 saturated heterocycles. The quantitative estimate of drug-likeness (QED) is 0.744. The van der Waals surface area contributed by atoms with Gasteiger partial charge in [-0.2, -0.15) is 0 Å². The minimum Gasteiger partial charge on any atom is -0.485 e. The Labute approximate surface area is 155 Å². The fraction of sp³-hybridized carbons (Fsp3) is 0.444. The van der Waals surface area contributed by atoms with Gasteiger partial charge < -0.3 is 19.1 Å². The summed E-state index contributed by atoms with van der Waals surface area (Å²) in [5.74, 6) is 0.588. The number of carbonyl (C=O) groups excluding carboxylic acids is 2. The second-order valence-electron chi connectivity index (χ2n) is 6.52. The molecule has 1 amide bonds. The molecule has 2 aliphatic heterocycles. The number of ether oxygens (including phenoxy) is 3. The maximum absolute atomic E-state index is 12.9. The number of hydrogen-bond acceptors (Lipinski definition) is 7. The van der Waals surface area contributed by atoms with Crippen molar-refractivity contribution in [2.45, 2.75) is 25.0 Å². The first-order valence-corrected chi connectivity index (χ1v) is 8.83. The third-order valence-electron chi connectivity index (χ3n) is 4.77. The number of benzene rings is 1. The number of methoxy groups -OCH3 is 1. The molecule has 0 bridgehead atoms. The Balaban J connectivity index is 1.43. The van der Waals surface area contributed by atoms with E-state index in [1.807, 2.05) is 18.2 Å². The highest BCUT2D eigenvalue weighted by Crippen LogP contribution is 2.32. The molecular weight excluding hydrogens is 352 g/mol. The predicted molar refractivity (Wildman–Crippen MR) is 92.6 cm³/mol. The Morgan fingerprint density at radius 2 is 2.07 bits per heavy atom. The molecule has 0 aliphatic carbocycles.